The molecule has 2 heterocycles. The van der Waals surface area contributed by atoms with Crippen LogP contribution in [0.25, 0.3) is 11.3 Å². The maximum Gasteiger partial charge on any atom is 0.287 e. The minimum absolute atomic E-state index is 0.244. The average molecular weight is 356 g/mol. The number of amides is 2. The van der Waals surface area contributed by atoms with E-state index in [0.29, 0.717) is 10.6 Å². The number of benzene rings is 1. The van der Waals surface area contributed by atoms with Gasteiger partial charge >= 0.3 is 0 Å². The van der Waals surface area contributed by atoms with Gasteiger partial charge in [0.05, 0.1) is 17.7 Å². The molecule has 0 fully saturated rings. The Morgan fingerprint density at radius 3 is 2.48 bits per heavy atom. The van der Waals surface area contributed by atoms with Gasteiger partial charge in [-0.2, -0.15) is 5.10 Å². The number of aryl methyl sites for hydroxylation is 1. The number of nitrogens with zero attached hydrogens (tertiary/aromatic N) is 1. The maximum atomic E-state index is 12.1. The molecule has 0 unspecified atom stereocenters. The Balaban J connectivity index is 1.64. The lowest BCUT2D eigenvalue weighted by Gasteiger charge is -2.05. The van der Waals surface area contributed by atoms with Crippen LogP contribution in [0.5, 0.6) is 5.75 Å². The summed E-state index contributed by atoms with van der Waals surface area (Å²) in [7, 11) is 1.60. The smallest absolute Gasteiger partial charge is 0.287 e. The lowest BCUT2D eigenvalue weighted by atomic mass is 10.1. The molecule has 0 atom stereocenters. The van der Waals surface area contributed by atoms with Crippen LogP contribution in [0.4, 0.5) is 0 Å². The van der Waals surface area contributed by atoms with E-state index in [0.717, 1.165) is 16.9 Å². The predicted molar refractivity (Wildman–Crippen MR) is 94.6 cm³/mol. The molecule has 8 heteroatoms. The fourth-order valence-corrected chi connectivity index (χ4v) is 3.01. The monoisotopic (exact) mass is 356 g/mol. The molecule has 2 amide bonds. The van der Waals surface area contributed by atoms with Gasteiger partial charge in [-0.3, -0.25) is 25.5 Å². The van der Waals surface area contributed by atoms with E-state index in [1.807, 2.05) is 42.6 Å². The Labute approximate surface area is 148 Å². The second kappa shape index (κ2) is 7.18. The predicted octanol–water partition coefficient (Wildman–Crippen LogP) is 2.53. The molecular formula is C17H16N4O3S. The Hall–Kier alpha value is -3.13. The fourth-order valence-electron chi connectivity index (χ4n) is 2.19. The zero-order valence-electron chi connectivity index (χ0n) is 13.6. The van der Waals surface area contributed by atoms with Crippen molar-refractivity contribution in [3.05, 3.63) is 57.9 Å². The molecule has 7 nitrogen and oxygen atoms in total. The second-order valence-corrected chi connectivity index (χ2v) is 6.15. The van der Waals surface area contributed by atoms with Crippen LogP contribution in [-0.2, 0) is 0 Å². The lowest BCUT2D eigenvalue weighted by molar-refractivity contribution is 0.0845. The van der Waals surface area contributed by atoms with Gasteiger partial charge in [0.15, 0.2) is 0 Å². The highest BCUT2D eigenvalue weighted by Gasteiger charge is 2.14. The number of hydrazine groups is 1. The van der Waals surface area contributed by atoms with Gasteiger partial charge in [-0.15, -0.1) is 11.3 Å². The molecular weight excluding hydrogens is 340 g/mol. The van der Waals surface area contributed by atoms with Crippen molar-refractivity contribution in [3.8, 4) is 17.0 Å². The topological polar surface area (TPSA) is 96.1 Å². The van der Waals surface area contributed by atoms with Crippen molar-refractivity contribution < 1.29 is 14.3 Å². The summed E-state index contributed by atoms with van der Waals surface area (Å²) in [5, 5.41) is 8.60. The molecule has 3 N–H and O–H groups in total. The summed E-state index contributed by atoms with van der Waals surface area (Å²) in [5.74, 6) is -0.0885. The zero-order chi connectivity index (χ0) is 17.8. The van der Waals surface area contributed by atoms with Gasteiger partial charge < -0.3 is 4.74 Å². The molecule has 0 aliphatic carbocycles. The minimum atomic E-state index is -0.477. The molecule has 2 aromatic heterocycles. The third-order valence-corrected chi connectivity index (χ3v) is 4.58. The Morgan fingerprint density at radius 1 is 1.12 bits per heavy atom. The van der Waals surface area contributed by atoms with Crippen LogP contribution in [0.3, 0.4) is 0 Å². The first-order valence-electron chi connectivity index (χ1n) is 7.43. The highest BCUT2D eigenvalue weighted by molar-refractivity contribution is 7.12. The number of carbonyl (C=O) groups excluding carboxylic acids is 2. The molecule has 128 valence electrons. The van der Waals surface area contributed by atoms with Crippen molar-refractivity contribution in [1.82, 2.24) is 21.0 Å². The Bertz CT molecular complexity index is 899. The fraction of sp³-hybridized carbons (Fsp3) is 0.118. The molecule has 0 saturated heterocycles. The van der Waals surface area contributed by atoms with E-state index < -0.39 is 5.91 Å². The van der Waals surface area contributed by atoms with E-state index in [2.05, 4.69) is 21.0 Å². The molecule has 0 bridgehead atoms. The SMILES string of the molecule is COc1ccc(-c2cc(C(=O)NNC(=O)c3sccc3C)[nH]n2)cc1. The molecule has 0 spiro atoms. The van der Waals surface area contributed by atoms with Crippen LogP contribution in [-0.4, -0.2) is 29.1 Å². The summed E-state index contributed by atoms with van der Waals surface area (Å²) in [6, 6.07) is 10.8. The third-order valence-electron chi connectivity index (χ3n) is 3.57. The van der Waals surface area contributed by atoms with Gasteiger partial charge in [-0.25, -0.2) is 0 Å². The van der Waals surface area contributed by atoms with Crippen molar-refractivity contribution in [2.75, 3.05) is 7.11 Å². The summed E-state index contributed by atoms with van der Waals surface area (Å²) < 4.78 is 5.11. The number of H-pyrrole nitrogens is 1. The number of thiophene rings is 1. The van der Waals surface area contributed by atoms with Crippen LogP contribution < -0.4 is 15.6 Å². The van der Waals surface area contributed by atoms with E-state index >= 15 is 0 Å². The maximum absolute atomic E-state index is 12.1. The van der Waals surface area contributed by atoms with Crippen molar-refractivity contribution in [2.45, 2.75) is 6.92 Å². The van der Waals surface area contributed by atoms with Gasteiger partial charge in [0, 0.05) is 5.56 Å². The largest absolute Gasteiger partial charge is 0.497 e. The van der Waals surface area contributed by atoms with Gasteiger partial charge in [0.1, 0.15) is 11.4 Å². The first kappa shape index (κ1) is 16.7. The van der Waals surface area contributed by atoms with E-state index in [9.17, 15) is 9.59 Å². The van der Waals surface area contributed by atoms with E-state index in [4.69, 9.17) is 4.74 Å². The van der Waals surface area contributed by atoms with E-state index in [-0.39, 0.29) is 11.6 Å². The number of nitrogens with one attached hydrogen (secondary N) is 3. The summed E-state index contributed by atoms with van der Waals surface area (Å²) in [6.45, 7) is 1.84. The number of ether oxygens (including phenoxy) is 1. The summed E-state index contributed by atoms with van der Waals surface area (Å²) >= 11 is 1.32. The first-order chi connectivity index (χ1) is 12.1. The van der Waals surface area contributed by atoms with Gasteiger partial charge in [0.25, 0.3) is 11.8 Å². The molecule has 3 aromatic rings. The van der Waals surface area contributed by atoms with Crippen molar-refractivity contribution in [2.24, 2.45) is 0 Å². The molecule has 1 aromatic carbocycles. The number of hydrogen-bond acceptors (Lipinski definition) is 5. The van der Waals surface area contributed by atoms with Gasteiger partial charge in [-0.1, -0.05) is 0 Å². The van der Waals surface area contributed by atoms with Crippen molar-refractivity contribution >= 4 is 23.2 Å². The quantitative estimate of drug-likeness (QED) is 0.626. The first-order valence-corrected chi connectivity index (χ1v) is 8.31. The van der Waals surface area contributed by atoms with Crippen LogP contribution in [0.1, 0.15) is 25.7 Å². The number of rotatable bonds is 4. The highest BCUT2D eigenvalue weighted by atomic mass is 32.1. The van der Waals surface area contributed by atoms with Gasteiger partial charge in [0.2, 0.25) is 0 Å². The second-order valence-electron chi connectivity index (χ2n) is 5.24. The molecule has 0 radical (unpaired) electrons. The van der Waals surface area contributed by atoms with Gasteiger partial charge in [-0.05, 0) is 54.3 Å². The molecule has 0 saturated carbocycles. The van der Waals surface area contributed by atoms with Crippen LogP contribution >= 0.6 is 11.3 Å². The molecule has 0 aliphatic rings. The van der Waals surface area contributed by atoms with E-state index in [1.165, 1.54) is 11.3 Å². The normalized spacial score (nSPS) is 10.3. The van der Waals surface area contributed by atoms with E-state index in [1.54, 1.807) is 13.2 Å². The third kappa shape index (κ3) is 3.69. The molecule has 25 heavy (non-hydrogen) atoms. The van der Waals surface area contributed by atoms with Crippen molar-refractivity contribution in [3.63, 3.8) is 0 Å². The molecule has 0 aliphatic heterocycles. The summed E-state index contributed by atoms with van der Waals surface area (Å²) in [4.78, 5) is 24.7. The zero-order valence-corrected chi connectivity index (χ0v) is 14.4. The number of methoxy groups -OCH3 is 1. The number of aromatic nitrogens is 2. The summed E-state index contributed by atoms with van der Waals surface area (Å²) in [6.07, 6.45) is 0. The summed E-state index contributed by atoms with van der Waals surface area (Å²) in [5.41, 5.74) is 7.34. The standard InChI is InChI=1S/C17H16N4O3S/c1-10-7-8-25-15(10)17(23)21-20-16(22)14-9-13(18-19-14)11-3-5-12(24-2)6-4-11/h3-9H,1-2H3,(H,18,19)(H,20,22)(H,21,23). The number of aromatic amines is 1. The Morgan fingerprint density at radius 2 is 1.84 bits per heavy atom. The van der Waals surface area contributed by atoms with Crippen molar-refractivity contribution in [1.29, 1.82) is 0 Å². The van der Waals surface area contributed by atoms with Crippen LogP contribution in [0.2, 0.25) is 0 Å². The Kier molecular flexibility index (Phi) is 4.80. The molecule has 3 rings (SSSR count). The van der Waals surface area contributed by atoms with Crippen LogP contribution in [0.15, 0.2) is 41.8 Å². The number of carbonyl (C=O) groups is 2. The minimum Gasteiger partial charge on any atom is -0.497 e. The van der Waals surface area contributed by atoms with Crippen LogP contribution in [0, 0.1) is 6.92 Å². The highest BCUT2D eigenvalue weighted by Crippen LogP contribution is 2.21. The lowest BCUT2D eigenvalue weighted by Crippen LogP contribution is -2.41. The average Bonchev–Trinajstić information content (AvgIpc) is 3.28. The number of hydrogen-bond donors (Lipinski definition) is 3.